The molecule has 0 amide bonds. The van der Waals surface area contributed by atoms with E-state index < -0.39 is 11.7 Å². The molecule has 1 atom stereocenters. The van der Waals surface area contributed by atoms with Crippen LogP contribution >= 0.6 is 0 Å². The molecule has 1 aliphatic carbocycles. The number of alkyl halides is 3. The Labute approximate surface area is 117 Å². The van der Waals surface area contributed by atoms with Crippen LogP contribution in [0.25, 0.3) is 0 Å². The fourth-order valence-electron chi connectivity index (χ4n) is 2.96. The summed E-state index contributed by atoms with van der Waals surface area (Å²) in [7, 11) is 0. The Balaban J connectivity index is 2.16. The standard InChI is InChI=1S/C15H21F3N2/c1-2-19-14(11-6-4-3-5-7-11)13-9-8-12(10-20-13)15(16,17)18/h8-11,14,19H,2-7H2,1H3. The molecule has 1 N–H and O–H groups in total. The summed E-state index contributed by atoms with van der Waals surface area (Å²) in [6.45, 7) is 2.81. The number of pyridine rings is 1. The SMILES string of the molecule is CCNC(c1ccc(C(F)(F)F)cn1)C1CCCCC1. The Hall–Kier alpha value is -1.10. The zero-order valence-corrected chi connectivity index (χ0v) is 11.7. The summed E-state index contributed by atoms with van der Waals surface area (Å²) < 4.78 is 37.7. The second-order valence-electron chi connectivity index (χ2n) is 5.40. The van der Waals surface area contributed by atoms with Gasteiger partial charge in [0.25, 0.3) is 0 Å². The van der Waals surface area contributed by atoms with Crippen molar-refractivity contribution in [3.05, 3.63) is 29.6 Å². The van der Waals surface area contributed by atoms with Gasteiger partial charge in [0.05, 0.1) is 17.3 Å². The lowest BCUT2D eigenvalue weighted by atomic mass is 9.82. The Morgan fingerprint density at radius 3 is 2.45 bits per heavy atom. The lowest BCUT2D eigenvalue weighted by molar-refractivity contribution is -0.137. The number of nitrogens with one attached hydrogen (secondary N) is 1. The average molecular weight is 286 g/mol. The van der Waals surface area contributed by atoms with E-state index in [-0.39, 0.29) is 6.04 Å². The van der Waals surface area contributed by atoms with Crippen LogP contribution in [0.1, 0.15) is 56.3 Å². The van der Waals surface area contributed by atoms with Crippen LogP contribution in [0.5, 0.6) is 0 Å². The van der Waals surface area contributed by atoms with Gasteiger partial charge in [-0.25, -0.2) is 0 Å². The van der Waals surface area contributed by atoms with Crippen molar-refractivity contribution in [2.45, 2.75) is 51.2 Å². The van der Waals surface area contributed by atoms with Crippen molar-refractivity contribution in [1.82, 2.24) is 10.3 Å². The van der Waals surface area contributed by atoms with Crippen LogP contribution in [0.2, 0.25) is 0 Å². The lowest BCUT2D eigenvalue weighted by Gasteiger charge is -2.30. The second-order valence-corrected chi connectivity index (χ2v) is 5.40. The molecule has 112 valence electrons. The number of aromatic nitrogens is 1. The monoisotopic (exact) mass is 286 g/mol. The molecule has 0 saturated heterocycles. The fourth-order valence-corrected chi connectivity index (χ4v) is 2.96. The highest BCUT2D eigenvalue weighted by Crippen LogP contribution is 2.35. The summed E-state index contributed by atoms with van der Waals surface area (Å²) in [5.74, 6) is 0.480. The Bertz CT molecular complexity index is 408. The van der Waals surface area contributed by atoms with E-state index in [9.17, 15) is 13.2 Å². The predicted octanol–water partition coefficient (Wildman–Crippen LogP) is 4.33. The third-order valence-electron chi connectivity index (χ3n) is 3.98. The highest BCUT2D eigenvalue weighted by Gasteiger charge is 2.31. The van der Waals surface area contributed by atoms with Crippen LogP contribution in [-0.4, -0.2) is 11.5 Å². The molecule has 1 unspecified atom stereocenters. The van der Waals surface area contributed by atoms with Gasteiger partial charge in [0.15, 0.2) is 0 Å². The maximum atomic E-state index is 12.6. The molecule has 0 bridgehead atoms. The maximum Gasteiger partial charge on any atom is 0.417 e. The molecule has 0 spiro atoms. The van der Waals surface area contributed by atoms with Crippen LogP contribution in [0.3, 0.4) is 0 Å². The van der Waals surface area contributed by atoms with Crippen LogP contribution in [0.15, 0.2) is 18.3 Å². The van der Waals surface area contributed by atoms with Crippen LogP contribution in [0, 0.1) is 5.92 Å². The van der Waals surface area contributed by atoms with Gasteiger partial charge < -0.3 is 5.32 Å². The number of rotatable bonds is 4. The van der Waals surface area contributed by atoms with Crippen molar-refractivity contribution in [1.29, 1.82) is 0 Å². The van der Waals surface area contributed by atoms with Gasteiger partial charge >= 0.3 is 6.18 Å². The summed E-state index contributed by atoms with van der Waals surface area (Å²) in [4.78, 5) is 4.06. The van der Waals surface area contributed by atoms with Gasteiger partial charge in [-0.1, -0.05) is 26.2 Å². The van der Waals surface area contributed by atoms with Gasteiger partial charge in [-0.2, -0.15) is 13.2 Å². The first-order chi connectivity index (χ1) is 9.52. The van der Waals surface area contributed by atoms with Crippen LogP contribution in [0.4, 0.5) is 13.2 Å². The smallest absolute Gasteiger partial charge is 0.309 e. The third-order valence-corrected chi connectivity index (χ3v) is 3.98. The fraction of sp³-hybridized carbons (Fsp3) is 0.667. The average Bonchev–Trinajstić information content (AvgIpc) is 2.45. The van der Waals surface area contributed by atoms with Gasteiger partial charge in [0.2, 0.25) is 0 Å². The van der Waals surface area contributed by atoms with Crippen molar-refractivity contribution in [3.63, 3.8) is 0 Å². The lowest BCUT2D eigenvalue weighted by Crippen LogP contribution is -2.30. The second kappa shape index (κ2) is 6.57. The third kappa shape index (κ3) is 3.72. The molecular weight excluding hydrogens is 265 g/mol. The summed E-state index contributed by atoms with van der Waals surface area (Å²) in [6, 6.07) is 2.72. The summed E-state index contributed by atoms with van der Waals surface area (Å²) in [6.07, 6.45) is 2.55. The van der Waals surface area contributed by atoms with Crippen molar-refractivity contribution >= 4 is 0 Å². The maximum absolute atomic E-state index is 12.6. The summed E-state index contributed by atoms with van der Waals surface area (Å²) in [5, 5.41) is 3.38. The molecule has 1 aromatic rings. The van der Waals surface area contributed by atoms with Gasteiger partial charge in [-0.3, -0.25) is 4.98 Å². The predicted molar refractivity (Wildman–Crippen MR) is 72.2 cm³/mol. The minimum absolute atomic E-state index is 0.0718. The quantitative estimate of drug-likeness (QED) is 0.891. The summed E-state index contributed by atoms with van der Waals surface area (Å²) >= 11 is 0. The molecule has 1 aliphatic rings. The molecule has 0 aliphatic heterocycles. The minimum Gasteiger partial charge on any atom is -0.309 e. The van der Waals surface area contributed by atoms with E-state index in [1.807, 2.05) is 6.92 Å². The van der Waals surface area contributed by atoms with Crippen molar-refractivity contribution in [3.8, 4) is 0 Å². The van der Waals surface area contributed by atoms with Crippen LogP contribution < -0.4 is 5.32 Å². The van der Waals surface area contributed by atoms with Gasteiger partial charge in [-0.05, 0) is 37.4 Å². The Morgan fingerprint density at radius 2 is 1.95 bits per heavy atom. The molecule has 0 radical (unpaired) electrons. The molecule has 1 heterocycles. The van der Waals surface area contributed by atoms with E-state index in [1.54, 1.807) is 0 Å². The number of nitrogens with zero attached hydrogens (tertiary/aromatic N) is 1. The van der Waals surface area contributed by atoms with Gasteiger partial charge in [0, 0.05) is 6.20 Å². The molecular formula is C15H21F3N2. The molecule has 5 heteroatoms. The molecule has 1 fully saturated rings. The number of hydrogen-bond donors (Lipinski definition) is 1. The first kappa shape index (κ1) is 15.3. The van der Waals surface area contributed by atoms with Crippen molar-refractivity contribution < 1.29 is 13.2 Å². The molecule has 0 aromatic carbocycles. The normalized spacial score (nSPS) is 19.0. The van der Waals surface area contributed by atoms with E-state index in [4.69, 9.17) is 0 Å². The van der Waals surface area contributed by atoms with Crippen LogP contribution in [-0.2, 0) is 6.18 Å². The zero-order chi connectivity index (χ0) is 14.6. The van der Waals surface area contributed by atoms with Crippen molar-refractivity contribution in [2.24, 2.45) is 5.92 Å². The largest absolute Gasteiger partial charge is 0.417 e. The van der Waals surface area contributed by atoms with E-state index >= 15 is 0 Å². The summed E-state index contributed by atoms with van der Waals surface area (Å²) in [5.41, 5.74) is 0.0480. The molecule has 1 aromatic heterocycles. The molecule has 1 saturated carbocycles. The highest BCUT2D eigenvalue weighted by molar-refractivity contribution is 5.19. The van der Waals surface area contributed by atoms with Crippen molar-refractivity contribution in [2.75, 3.05) is 6.54 Å². The van der Waals surface area contributed by atoms with E-state index in [0.717, 1.165) is 37.3 Å². The molecule has 20 heavy (non-hydrogen) atoms. The van der Waals surface area contributed by atoms with E-state index in [0.29, 0.717) is 5.92 Å². The number of hydrogen-bond acceptors (Lipinski definition) is 2. The topological polar surface area (TPSA) is 24.9 Å². The Kier molecular flexibility index (Phi) is 5.02. The highest BCUT2D eigenvalue weighted by atomic mass is 19.4. The zero-order valence-electron chi connectivity index (χ0n) is 11.7. The van der Waals surface area contributed by atoms with Gasteiger partial charge in [-0.15, -0.1) is 0 Å². The first-order valence-electron chi connectivity index (χ1n) is 7.29. The van der Waals surface area contributed by atoms with E-state index in [2.05, 4.69) is 10.3 Å². The van der Waals surface area contributed by atoms with E-state index in [1.165, 1.54) is 25.3 Å². The number of halogens is 3. The Morgan fingerprint density at radius 1 is 1.25 bits per heavy atom. The molecule has 2 rings (SSSR count). The first-order valence-corrected chi connectivity index (χ1v) is 7.29. The van der Waals surface area contributed by atoms with Gasteiger partial charge in [0.1, 0.15) is 0 Å². The molecule has 2 nitrogen and oxygen atoms in total. The minimum atomic E-state index is -4.32.